The fourth-order valence-electron chi connectivity index (χ4n) is 1.94. The third kappa shape index (κ3) is 2.56. The fourth-order valence-corrected chi connectivity index (χ4v) is 2.16. The van der Waals surface area contributed by atoms with Gasteiger partial charge >= 0.3 is 6.18 Å². The molecule has 3 rings (SSSR count). The van der Waals surface area contributed by atoms with Crippen molar-refractivity contribution in [2.45, 2.75) is 13.1 Å². The first kappa shape index (κ1) is 13.8. The second-order valence-corrected chi connectivity index (χ2v) is 4.75. The van der Waals surface area contributed by atoms with Crippen molar-refractivity contribution in [2.75, 3.05) is 0 Å². The number of nitrogens with zero attached hydrogens (tertiary/aromatic N) is 4. The van der Waals surface area contributed by atoms with Gasteiger partial charge in [-0.15, -0.1) is 5.10 Å². The Morgan fingerprint density at radius 2 is 1.76 bits per heavy atom. The molecule has 0 aliphatic heterocycles. The van der Waals surface area contributed by atoms with Gasteiger partial charge < -0.3 is 0 Å². The summed E-state index contributed by atoms with van der Waals surface area (Å²) in [4.78, 5) is 8.29. The van der Waals surface area contributed by atoms with Crippen molar-refractivity contribution in [1.29, 1.82) is 0 Å². The molecule has 0 N–H and O–H groups in total. The molecule has 1 aromatic carbocycles. The zero-order chi connectivity index (χ0) is 15.2. The molecule has 0 saturated heterocycles. The Labute approximate surface area is 122 Å². The van der Waals surface area contributed by atoms with Gasteiger partial charge in [0, 0.05) is 11.6 Å². The zero-order valence-corrected chi connectivity index (χ0v) is 11.4. The molecule has 108 valence electrons. The highest BCUT2D eigenvalue weighted by Gasteiger charge is 2.30. The average Bonchev–Trinajstić information content (AvgIpc) is 2.79. The number of rotatable bonds is 1. The Morgan fingerprint density at radius 3 is 2.38 bits per heavy atom. The summed E-state index contributed by atoms with van der Waals surface area (Å²) in [5, 5.41) is 4.16. The van der Waals surface area contributed by atoms with Gasteiger partial charge in [0.15, 0.2) is 5.65 Å². The first-order chi connectivity index (χ1) is 9.84. The second-order valence-electron chi connectivity index (χ2n) is 4.41. The van der Waals surface area contributed by atoms with E-state index in [0.717, 1.165) is 12.1 Å². The first-order valence-corrected chi connectivity index (χ1v) is 6.30. The minimum atomic E-state index is -4.36. The Morgan fingerprint density at radius 1 is 1.10 bits per heavy atom. The van der Waals surface area contributed by atoms with Crippen molar-refractivity contribution < 1.29 is 13.2 Å². The van der Waals surface area contributed by atoms with Crippen LogP contribution >= 0.6 is 11.6 Å². The Kier molecular flexibility index (Phi) is 3.09. The van der Waals surface area contributed by atoms with Crippen LogP contribution in [0, 0.1) is 6.92 Å². The van der Waals surface area contributed by atoms with Crippen molar-refractivity contribution in [1.82, 2.24) is 19.6 Å². The minimum Gasteiger partial charge on any atom is -0.218 e. The zero-order valence-electron chi connectivity index (χ0n) is 10.7. The number of alkyl halides is 3. The maximum Gasteiger partial charge on any atom is 0.416 e. The van der Waals surface area contributed by atoms with Crippen LogP contribution in [0.25, 0.3) is 16.9 Å². The van der Waals surface area contributed by atoms with Gasteiger partial charge in [-0.3, -0.25) is 0 Å². The SMILES string of the molecule is Cc1nc2cc(-c3ccc(C(F)(F)F)cc3)nc(Cl)n2n1. The van der Waals surface area contributed by atoms with Gasteiger partial charge in [-0.2, -0.15) is 17.7 Å². The van der Waals surface area contributed by atoms with Gasteiger partial charge in [0.05, 0.1) is 11.3 Å². The lowest BCUT2D eigenvalue weighted by atomic mass is 10.1. The van der Waals surface area contributed by atoms with Crippen LogP contribution in [0.2, 0.25) is 5.28 Å². The molecule has 8 heteroatoms. The number of hydrogen-bond donors (Lipinski definition) is 0. The summed E-state index contributed by atoms with van der Waals surface area (Å²) >= 11 is 6.00. The highest BCUT2D eigenvalue weighted by atomic mass is 35.5. The average molecular weight is 313 g/mol. The molecule has 4 nitrogen and oxygen atoms in total. The van der Waals surface area contributed by atoms with Gasteiger partial charge in [-0.05, 0) is 30.7 Å². The van der Waals surface area contributed by atoms with Gasteiger partial charge in [-0.25, -0.2) is 9.97 Å². The predicted molar refractivity (Wildman–Crippen MR) is 71.0 cm³/mol. The van der Waals surface area contributed by atoms with E-state index in [0.29, 0.717) is 22.7 Å². The van der Waals surface area contributed by atoms with Crippen molar-refractivity contribution in [2.24, 2.45) is 0 Å². The highest BCUT2D eigenvalue weighted by molar-refractivity contribution is 6.28. The topological polar surface area (TPSA) is 43.1 Å². The molecule has 0 saturated carbocycles. The van der Waals surface area contributed by atoms with Crippen molar-refractivity contribution in [3.8, 4) is 11.3 Å². The molecule has 2 aromatic heterocycles. The molecule has 0 spiro atoms. The summed E-state index contributed by atoms with van der Waals surface area (Å²) < 4.78 is 39.0. The summed E-state index contributed by atoms with van der Waals surface area (Å²) in [6, 6.07) is 6.32. The number of fused-ring (bicyclic) bond motifs is 1. The van der Waals surface area contributed by atoms with Crippen LogP contribution in [0.3, 0.4) is 0 Å². The third-order valence-electron chi connectivity index (χ3n) is 2.90. The van der Waals surface area contributed by atoms with E-state index < -0.39 is 11.7 Å². The Balaban J connectivity index is 2.08. The summed E-state index contributed by atoms with van der Waals surface area (Å²) in [6.07, 6.45) is -4.36. The number of hydrogen-bond acceptors (Lipinski definition) is 3. The number of aryl methyl sites for hydroxylation is 1. The van der Waals surface area contributed by atoms with Crippen molar-refractivity contribution in [3.63, 3.8) is 0 Å². The first-order valence-electron chi connectivity index (χ1n) is 5.92. The quantitative estimate of drug-likeness (QED) is 0.642. The van der Waals surface area contributed by atoms with E-state index in [2.05, 4.69) is 15.1 Å². The molecule has 0 unspecified atom stereocenters. The molecule has 0 bridgehead atoms. The Hall–Kier alpha value is -2.15. The van der Waals surface area contributed by atoms with E-state index >= 15 is 0 Å². The van der Waals surface area contributed by atoms with E-state index in [9.17, 15) is 13.2 Å². The minimum absolute atomic E-state index is 0.1000. The van der Waals surface area contributed by atoms with Crippen molar-refractivity contribution in [3.05, 3.63) is 47.0 Å². The second kappa shape index (κ2) is 4.70. The fraction of sp³-hybridized carbons (Fsp3) is 0.154. The number of halogens is 4. The van der Waals surface area contributed by atoms with E-state index in [4.69, 9.17) is 11.6 Å². The maximum atomic E-state index is 12.5. The molecule has 3 aromatic rings. The maximum absolute atomic E-state index is 12.5. The highest BCUT2D eigenvalue weighted by Crippen LogP contribution is 2.31. The van der Waals surface area contributed by atoms with E-state index in [1.807, 2.05) is 0 Å². The van der Waals surface area contributed by atoms with E-state index in [1.54, 1.807) is 13.0 Å². The molecule has 0 aliphatic carbocycles. The molecule has 0 fully saturated rings. The Bertz CT molecular complexity index is 809. The van der Waals surface area contributed by atoms with Crippen LogP contribution in [0.15, 0.2) is 30.3 Å². The lowest BCUT2D eigenvalue weighted by molar-refractivity contribution is -0.137. The van der Waals surface area contributed by atoms with Crippen LogP contribution in [-0.2, 0) is 6.18 Å². The molecule has 0 radical (unpaired) electrons. The predicted octanol–water partition coefficient (Wildman–Crippen LogP) is 3.77. The van der Waals surface area contributed by atoms with Gasteiger partial charge in [0.25, 0.3) is 0 Å². The third-order valence-corrected chi connectivity index (χ3v) is 3.14. The molecule has 0 amide bonds. The number of benzene rings is 1. The van der Waals surface area contributed by atoms with Gasteiger partial charge in [0.2, 0.25) is 5.28 Å². The van der Waals surface area contributed by atoms with E-state index in [-0.39, 0.29) is 5.28 Å². The standard InChI is InChI=1S/C13H8ClF3N4/c1-7-18-11-6-10(19-12(14)21(11)20-7)8-2-4-9(5-3-8)13(15,16)17/h2-6H,1H3. The van der Waals surface area contributed by atoms with Crippen LogP contribution < -0.4 is 0 Å². The molecule has 0 aliphatic rings. The lowest BCUT2D eigenvalue weighted by Gasteiger charge is -2.07. The number of aromatic nitrogens is 4. The van der Waals surface area contributed by atoms with E-state index in [1.165, 1.54) is 16.6 Å². The monoisotopic (exact) mass is 312 g/mol. The van der Waals surface area contributed by atoms with Crippen LogP contribution in [0.4, 0.5) is 13.2 Å². The molecule has 0 atom stereocenters. The molecular formula is C13H8ClF3N4. The summed E-state index contributed by atoms with van der Waals surface area (Å²) in [5.41, 5.74) is 0.737. The summed E-state index contributed by atoms with van der Waals surface area (Å²) in [7, 11) is 0. The lowest BCUT2D eigenvalue weighted by Crippen LogP contribution is -2.04. The van der Waals surface area contributed by atoms with Crippen LogP contribution in [0.5, 0.6) is 0 Å². The summed E-state index contributed by atoms with van der Waals surface area (Å²) in [6.45, 7) is 1.71. The largest absolute Gasteiger partial charge is 0.416 e. The molecule has 21 heavy (non-hydrogen) atoms. The van der Waals surface area contributed by atoms with Crippen molar-refractivity contribution >= 4 is 17.2 Å². The van der Waals surface area contributed by atoms with Crippen LogP contribution in [-0.4, -0.2) is 19.6 Å². The summed E-state index contributed by atoms with van der Waals surface area (Å²) in [5.74, 6) is 0.531. The van der Waals surface area contributed by atoms with Gasteiger partial charge in [0.1, 0.15) is 5.82 Å². The molecular weight excluding hydrogens is 305 g/mol. The normalized spacial score (nSPS) is 12.0. The van der Waals surface area contributed by atoms with Crippen LogP contribution in [0.1, 0.15) is 11.4 Å². The molecule has 2 heterocycles. The van der Waals surface area contributed by atoms with Gasteiger partial charge in [-0.1, -0.05) is 12.1 Å². The smallest absolute Gasteiger partial charge is 0.218 e.